The first kappa shape index (κ1) is 20.2. The Labute approximate surface area is 158 Å². The molecule has 0 saturated carbocycles. The summed E-state index contributed by atoms with van der Waals surface area (Å²) in [4.78, 5) is 0. The van der Waals surface area contributed by atoms with E-state index in [0.29, 0.717) is 13.2 Å². The molecule has 4 nitrogen and oxygen atoms in total. The van der Waals surface area contributed by atoms with Gasteiger partial charge in [-0.15, -0.1) is 0 Å². The van der Waals surface area contributed by atoms with Crippen molar-refractivity contribution in [1.82, 2.24) is 0 Å². The second-order valence-electron chi connectivity index (χ2n) is 5.82. The Morgan fingerprint density at radius 2 is 1.56 bits per heavy atom. The summed E-state index contributed by atoms with van der Waals surface area (Å²) in [6.07, 6.45) is 0. The zero-order valence-electron chi connectivity index (χ0n) is 15.1. The lowest BCUT2D eigenvalue weighted by Crippen LogP contribution is -2.15. The summed E-state index contributed by atoms with van der Waals surface area (Å²) in [5, 5.41) is 3.36. The molecule has 0 aliphatic heterocycles. The summed E-state index contributed by atoms with van der Waals surface area (Å²) >= 11 is 3.57. The zero-order chi connectivity index (χ0) is 18.4. The molecule has 0 aliphatic carbocycles. The third kappa shape index (κ3) is 5.18. The Balaban J connectivity index is 2.47. The molecule has 2 aromatic rings. The van der Waals surface area contributed by atoms with Gasteiger partial charge in [0.1, 0.15) is 0 Å². The van der Waals surface area contributed by atoms with Crippen molar-refractivity contribution in [3.8, 4) is 0 Å². The molecular formula is C19H25BrNO3P. The second-order valence-corrected chi connectivity index (χ2v) is 8.78. The average molecular weight is 426 g/mol. The van der Waals surface area contributed by atoms with Crippen molar-refractivity contribution in [3.63, 3.8) is 0 Å². The molecule has 0 aliphatic rings. The summed E-state index contributed by atoms with van der Waals surface area (Å²) in [5.74, 6) is -0.591. The van der Waals surface area contributed by atoms with Crippen LogP contribution in [-0.4, -0.2) is 13.2 Å². The van der Waals surface area contributed by atoms with Gasteiger partial charge in [0.25, 0.3) is 0 Å². The van der Waals surface area contributed by atoms with E-state index in [1.54, 1.807) is 0 Å². The molecule has 2 rings (SSSR count). The SMILES string of the molecule is CCOP(=O)(OCC)C(Nc1ccc(C)cc1Br)c1ccc(C)cc1. The quantitative estimate of drug-likeness (QED) is 0.494. The van der Waals surface area contributed by atoms with Crippen molar-refractivity contribution in [2.24, 2.45) is 0 Å². The van der Waals surface area contributed by atoms with E-state index in [2.05, 4.69) is 21.2 Å². The summed E-state index contributed by atoms with van der Waals surface area (Å²) in [6.45, 7) is 8.32. The number of hydrogen-bond donors (Lipinski definition) is 1. The smallest absolute Gasteiger partial charge is 0.357 e. The summed E-state index contributed by atoms with van der Waals surface area (Å²) in [6, 6.07) is 13.9. The van der Waals surface area contributed by atoms with Crippen molar-refractivity contribution < 1.29 is 13.6 Å². The molecule has 1 unspecified atom stereocenters. The van der Waals surface area contributed by atoms with Gasteiger partial charge in [-0.1, -0.05) is 35.9 Å². The fraction of sp³-hybridized carbons (Fsp3) is 0.368. The van der Waals surface area contributed by atoms with Crippen LogP contribution < -0.4 is 5.32 Å². The number of aryl methyl sites for hydroxylation is 2. The molecule has 0 saturated heterocycles. The summed E-state index contributed by atoms with van der Waals surface area (Å²) < 4.78 is 25.6. The molecule has 0 aromatic heterocycles. The van der Waals surface area contributed by atoms with Crippen molar-refractivity contribution in [2.45, 2.75) is 33.5 Å². The van der Waals surface area contributed by atoms with Gasteiger partial charge in [0.05, 0.1) is 13.2 Å². The van der Waals surface area contributed by atoms with Crippen LogP contribution in [0.3, 0.4) is 0 Å². The molecule has 0 fully saturated rings. The van der Waals surface area contributed by atoms with Gasteiger partial charge in [-0.25, -0.2) is 0 Å². The number of halogens is 1. The predicted octanol–water partition coefficient (Wildman–Crippen LogP) is 6.44. The van der Waals surface area contributed by atoms with Gasteiger partial charge in [0, 0.05) is 10.2 Å². The van der Waals surface area contributed by atoms with Crippen LogP contribution in [0.15, 0.2) is 46.9 Å². The molecule has 2 aromatic carbocycles. The fourth-order valence-corrected chi connectivity index (χ4v) is 5.06. The van der Waals surface area contributed by atoms with Crippen LogP contribution >= 0.6 is 23.5 Å². The van der Waals surface area contributed by atoms with E-state index in [1.807, 2.05) is 70.2 Å². The van der Waals surface area contributed by atoms with Crippen LogP contribution in [0.25, 0.3) is 0 Å². The Bertz CT molecular complexity index is 739. The first-order valence-electron chi connectivity index (χ1n) is 8.37. The minimum atomic E-state index is -3.40. The standard InChI is InChI=1S/C19H25BrNO3P/c1-5-23-25(22,24-6-2)19(16-10-7-14(3)8-11-16)21-18-12-9-15(4)13-17(18)20/h7-13,19,21H,5-6H2,1-4H3. The third-order valence-corrected chi connectivity index (χ3v) is 6.70. The normalized spacial score (nSPS) is 12.8. The number of rotatable bonds is 8. The molecule has 0 bridgehead atoms. The minimum absolute atomic E-state index is 0.316. The van der Waals surface area contributed by atoms with Crippen molar-refractivity contribution in [2.75, 3.05) is 18.5 Å². The highest BCUT2D eigenvalue weighted by molar-refractivity contribution is 9.10. The topological polar surface area (TPSA) is 47.6 Å². The van der Waals surface area contributed by atoms with E-state index in [4.69, 9.17) is 9.05 Å². The lowest BCUT2D eigenvalue weighted by atomic mass is 10.1. The largest absolute Gasteiger partial charge is 0.367 e. The summed E-state index contributed by atoms with van der Waals surface area (Å²) in [7, 11) is -3.40. The van der Waals surface area contributed by atoms with Crippen LogP contribution in [0.5, 0.6) is 0 Å². The molecule has 1 atom stereocenters. The number of anilines is 1. The number of hydrogen-bond acceptors (Lipinski definition) is 4. The van der Waals surface area contributed by atoms with Crippen molar-refractivity contribution in [1.29, 1.82) is 0 Å². The monoisotopic (exact) mass is 425 g/mol. The van der Waals surface area contributed by atoms with Gasteiger partial charge in [0.15, 0.2) is 5.78 Å². The predicted molar refractivity (Wildman–Crippen MR) is 107 cm³/mol. The molecule has 1 N–H and O–H groups in total. The highest BCUT2D eigenvalue weighted by Gasteiger charge is 2.37. The van der Waals surface area contributed by atoms with Gasteiger partial charge in [-0.05, 0) is 66.9 Å². The van der Waals surface area contributed by atoms with E-state index < -0.39 is 13.4 Å². The van der Waals surface area contributed by atoms with E-state index in [0.717, 1.165) is 26.9 Å². The number of nitrogens with one attached hydrogen (secondary N) is 1. The van der Waals surface area contributed by atoms with Gasteiger partial charge in [0.2, 0.25) is 0 Å². The Morgan fingerprint density at radius 1 is 1.00 bits per heavy atom. The van der Waals surface area contributed by atoms with Crippen LogP contribution in [0.1, 0.15) is 36.3 Å². The molecule has 0 spiro atoms. The van der Waals surface area contributed by atoms with Crippen LogP contribution in [0.4, 0.5) is 5.69 Å². The molecule has 0 amide bonds. The van der Waals surface area contributed by atoms with E-state index in [9.17, 15) is 4.57 Å². The van der Waals surface area contributed by atoms with Gasteiger partial charge >= 0.3 is 7.60 Å². The molecule has 0 radical (unpaired) electrons. The Hall–Kier alpha value is -1.13. The highest BCUT2D eigenvalue weighted by atomic mass is 79.9. The summed E-state index contributed by atoms with van der Waals surface area (Å²) in [5.41, 5.74) is 3.99. The molecular weight excluding hydrogens is 401 g/mol. The maximum atomic E-state index is 13.5. The molecule has 25 heavy (non-hydrogen) atoms. The number of benzene rings is 2. The van der Waals surface area contributed by atoms with Gasteiger partial charge in [-0.3, -0.25) is 4.57 Å². The van der Waals surface area contributed by atoms with Crippen LogP contribution in [-0.2, 0) is 13.6 Å². The van der Waals surface area contributed by atoms with E-state index in [-0.39, 0.29) is 0 Å². The van der Waals surface area contributed by atoms with Crippen LogP contribution in [0, 0.1) is 13.8 Å². The zero-order valence-corrected chi connectivity index (χ0v) is 17.6. The first-order valence-corrected chi connectivity index (χ1v) is 10.8. The maximum Gasteiger partial charge on any atom is 0.357 e. The lowest BCUT2D eigenvalue weighted by molar-refractivity contribution is 0.214. The third-order valence-electron chi connectivity index (χ3n) is 3.74. The lowest BCUT2D eigenvalue weighted by Gasteiger charge is -2.28. The molecule has 136 valence electrons. The first-order chi connectivity index (χ1) is 11.9. The van der Waals surface area contributed by atoms with Gasteiger partial charge < -0.3 is 14.4 Å². The Morgan fingerprint density at radius 3 is 2.08 bits per heavy atom. The second kappa shape index (κ2) is 9.00. The molecule has 0 heterocycles. The van der Waals surface area contributed by atoms with Crippen molar-refractivity contribution >= 4 is 29.2 Å². The minimum Gasteiger partial charge on any atom is -0.367 e. The van der Waals surface area contributed by atoms with Crippen molar-refractivity contribution in [3.05, 3.63) is 63.6 Å². The highest BCUT2D eigenvalue weighted by Crippen LogP contribution is 2.61. The molecule has 6 heteroatoms. The van der Waals surface area contributed by atoms with Gasteiger partial charge in [-0.2, -0.15) is 0 Å². The fourth-order valence-electron chi connectivity index (χ4n) is 2.52. The van der Waals surface area contributed by atoms with E-state index in [1.165, 1.54) is 0 Å². The Kier molecular flexibility index (Phi) is 7.26. The van der Waals surface area contributed by atoms with E-state index >= 15 is 0 Å². The van der Waals surface area contributed by atoms with Crippen LogP contribution in [0.2, 0.25) is 0 Å². The average Bonchev–Trinajstić information content (AvgIpc) is 2.55. The maximum absolute atomic E-state index is 13.5.